The summed E-state index contributed by atoms with van der Waals surface area (Å²) in [6, 6.07) is 0. The van der Waals surface area contributed by atoms with E-state index in [0.29, 0.717) is 12.2 Å². The van der Waals surface area contributed by atoms with Crippen LogP contribution in [0.15, 0.2) is 12.7 Å². The third-order valence-corrected chi connectivity index (χ3v) is 15.8. The van der Waals surface area contributed by atoms with Crippen LogP contribution >= 0.6 is 35.2 Å². The second-order valence-electron chi connectivity index (χ2n) is 18.4. The summed E-state index contributed by atoms with van der Waals surface area (Å²) in [7, 11) is -16.4. The molecule has 2 aromatic rings. The molecule has 0 spiro atoms. The second-order valence-corrected chi connectivity index (χ2v) is 23.8. The van der Waals surface area contributed by atoms with Crippen LogP contribution in [-0.2, 0) is 50.7 Å². The van der Waals surface area contributed by atoms with E-state index in [0.717, 1.165) is 48.2 Å². The maximum absolute atomic E-state index is 12.8. The Morgan fingerprint density at radius 3 is 1.92 bits per heavy atom. The smallest absolute Gasteiger partial charge is 0.386 e. The number of nitrogens with one attached hydrogen (secondary N) is 2. The number of nitrogens with two attached hydrogens (primary N) is 1. The summed E-state index contributed by atoms with van der Waals surface area (Å²) in [5, 5.41) is 26.7. The zero-order chi connectivity index (χ0) is 52.5. The highest BCUT2D eigenvalue weighted by molar-refractivity contribution is 8.13. The van der Waals surface area contributed by atoms with Gasteiger partial charge in [0.25, 0.3) is 0 Å². The number of anilines is 1. The zero-order valence-electron chi connectivity index (χ0n) is 41.2. The predicted molar refractivity (Wildman–Crippen MR) is 265 cm³/mol. The van der Waals surface area contributed by atoms with Crippen molar-refractivity contribution in [2.45, 2.75) is 186 Å². The maximum Gasteiger partial charge on any atom is 0.481 e. The minimum Gasteiger partial charge on any atom is -0.386 e. The Balaban J connectivity index is 1.24. The van der Waals surface area contributed by atoms with E-state index in [4.69, 9.17) is 19.5 Å². The minimum absolute atomic E-state index is 0.0344. The Morgan fingerprint density at radius 1 is 0.803 bits per heavy atom. The Hall–Kier alpha value is -2.44. The molecule has 7 atom stereocenters. The topological polar surface area (TPSA) is 364 Å². The molecule has 1 aliphatic heterocycles. The average molecular weight is 1090 g/mol. The first-order valence-electron chi connectivity index (χ1n) is 24.6. The van der Waals surface area contributed by atoms with Crippen molar-refractivity contribution >= 4 is 69.1 Å². The van der Waals surface area contributed by atoms with E-state index in [2.05, 4.69) is 41.3 Å². The summed E-state index contributed by atoms with van der Waals surface area (Å²) in [5.41, 5.74) is 4.30. The average Bonchev–Trinajstić information content (AvgIpc) is 3.86. The Morgan fingerprint density at radius 2 is 1.35 bits per heavy atom. The molecule has 1 fully saturated rings. The number of phosphoric acid groups is 3. The summed E-state index contributed by atoms with van der Waals surface area (Å²) >= 11 is 1.16. The van der Waals surface area contributed by atoms with Crippen LogP contribution in [0.5, 0.6) is 0 Å². The van der Waals surface area contributed by atoms with Gasteiger partial charge in [-0.05, 0) is 6.42 Å². The molecule has 0 aliphatic carbocycles. The van der Waals surface area contributed by atoms with Crippen molar-refractivity contribution in [1.82, 2.24) is 30.2 Å². The summed E-state index contributed by atoms with van der Waals surface area (Å²) < 4.78 is 62.5. The van der Waals surface area contributed by atoms with Crippen molar-refractivity contribution in [3.63, 3.8) is 0 Å². The third-order valence-electron chi connectivity index (χ3n) is 11.7. The summed E-state index contributed by atoms with van der Waals surface area (Å²) in [5.74, 6) is -1.01. The number of aromatic nitrogens is 4. The fraction of sp³-hybridized carbons (Fsp3) is 0.814. The molecule has 2 amide bonds. The molecule has 24 nitrogen and oxygen atoms in total. The highest BCUT2D eigenvalue weighted by atomic mass is 32.2. The quantitative estimate of drug-likeness (QED) is 0.0255. The van der Waals surface area contributed by atoms with Gasteiger partial charge in [-0.3, -0.25) is 32.5 Å². The van der Waals surface area contributed by atoms with Gasteiger partial charge in [0.1, 0.15) is 36.3 Å². The molecule has 0 bridgehead atoms. The summed E-state index contributed by atoms with van der Waals surface area (Å²) in [4.78, 5) is 88.5. The highest BCUT2D eigenvalue weighted by Crippen LogP contribution is 2.61. The van der Waals surface area contributed by atoms with Gasteiger partial charge in [-0.15, -0.1) is 0 Å². The molecular formula is C43H78N7O17P3S. The van der Waals surface area contributed by atoms with Crippen molar-refractivity contribution in [3.05, 3.63) is 12.7 Å². The van der Waals surface area contributed by atoms with Crippen molar-refractivity contribution in [2.24, 2.45) is 5.41 Å². The van der Waals surface area contributed by atoms with Gasteiger partial charge >= 0.3 is 23.5 Å². The zero-order valence-corrected chi connectivity index (χ0v) is 44.7. The van der Waals surface area contributed by atoms with E-state index < -0.39 is 84.6 Å². The lowest BCUT2D eigenvalue weighted by atomic mass is 9.87. The first kappa shape index (κ1) is 62.9. The fourth-order valence-corrected chi connectivity index (χ4v) is 11.3. The number of carbonyl (C=O) groups excluding carboxylic acids is 3. The van der Waals surface area contributed by atoms with Gasteiger partial charge in [0.05, 0.1) is 19.5 Å². The Labute approximate surface area is 420 Å². The van der Waals surface area contributed by atoms with Gasteiger partial charge < -0.3 is 50.9 Å². The van der Waals surface area contributed by atoms with E-state index >= 15 is 0 Å². The molecule has 1 saturated heterocycles. The number of nitrogens with zero attached hydrogens (tertiary/aromatic N) is 4. The lowest BCUT2D eigenvalue weighted by molar-refractivity contribution is -0.137. The molecule has 0 saturated carbocycles. The lowest BCUT2D eigenvalue weighted by Crippen LogP contribution is -2.46. The lowest BCUT2D eigenvalue weighted by Gasteiger charge is -2.30. The molecule has 10 N–H and O–H groups in total. The number of fused-ring (bicyclic) bond motifs is 1. The molecule has 71 heavy (non-hydrogen) atoms. The first-order valence-corrected chi connectivity index (χ1v) is 30.1. The van der Waals surface area contributed by atoms with Crippen LogP contribution in [0, 0.1) is 5.41 Å². The number of imidazole rings is 1. The molecule has 1 aliphatic rings. The van der Waals surface area contributed by atoms with Crippen LogP contribution in [-0.4, -0.2) is 123 Å². The number of carbonyl (C=O) groups is 3. The van der Waals surface area contributed by atoms with Crippen molar-refractivity contribution in [3.8, 4) is 0 Å². The molecule has 3 heterocycles. The molecular weight excluding hydrogens is 1010 g/mol. The fourth-order valence-electron chi connectivity index (χ4n) is 7.71. The van der Waals surface area contributed by atoms with E-state index in [1.807, 2.05) is 0 Å². The normalized spacial score (nSPS) is 19.6. The first-order chi connectivity index (χ1) is 33.6. The number of hydrogen-bond donors (Lipinski definition) is 9. The van der Waals surface area contributed by atoms with E-state index in [9.17, 15) is 57.9 Å². The number of aliphatic hydroxyl groups excluding tert-OH is 2. The van der Waals surface area contributed by atoms with E-state index in [1.54, 1.807) is 0 Å². The van der Waals surface area contributed by atoms with Crippen molar-refractivity contribution in [2.75, 3.05) is 37.8 Å². The van der Waals surface area contributed by atoms with Gasteiger partial charge in [0.15, 0.2) is 22.8 Å². The van der Waals surface area contributed by atoms with E-state index in [1.165, 1.54) is 117 Å². The molecule has 2 aromatic heterocycles. The van der Waals surface area contributed by atoms with Crippen molar-refractivity contribution < 1.29 is 80.5 Å². The molecule has 0 radical (unpaired) electrons. The SMILES string of the molecule is CCCCCCCCCCCCCCCCCCCCCC(=O)SCCNC(=O)CCNC(=O)[C@H](O)C(C)(C)COP(=O)(O)OP(=O)(O)OC[C@H]1O[C@@H](n2cnc3c(N)ncnc32)C(O)[C@H]1OP(=O)(O)O. The van der Waals surface area contributed by atoms with Crippen LogP contribution in [0.4, 0.5) is 5.82 Å². The van der Waals surface area contributed by atoms with Gasteiger partial charge in [-0.25, -0.2) is 28.6 Å². The van der Waals surface area contributed by atoms with Crippen LogP contribution in [0.2, 0.25) is 0 Å². The molecule has 28 heteroatoms. The number of hydrogen-bond acceptors (Lipinski definition) is 18. The van der Waals surface area contributed by atoms with Gasteiger partial charge in [0.2, 0.25) is 11.8 Å². The number of aliphatic hydroxyl groups is 2. The number of thioether (sulfide) groups is 1. The monoisotopic (exact) mass is 1090 g/mol. The summed E-state index contributed by atoms with van der Waals surface area (Å²) in [6.07, 6.45) is 18.0. The number of phosphoric ester groups is 3. The molecule has 0 aromatic carbocycles. The number of rotatable bonds is 39. The van der Waals surface area contributed by atoms with E-state index in [-0.39, 0.29) is 41.6 Å². The minimum atomic E-state index is -5.58. The standard InChI is InChI=1S/C43H78N7O17P3S/c1-4-5-6-7-8-9-10-11-12-13-14-15-16-17-18-19-20-21-22-23-34(52)71-27-26-45-33(51)24-25-46-41(55)38(54)43(2,3)29-64-70(61,62)67-69(59,60)63-28-32-37(66-68(56,57)58)36(53)42(65-32)50-31-49-35-39(44)47-30-48-40(35)50/h30-32,36-38,42,53-54H,4-29H2,1-3H3,(H,45,51)(H,46,55)(H,59,60)(H,61,62)(H2,44,47,48)(H2,56,57,58)/t32-,36?,37+,38+,42-/m1/s1. The largest absolute Gasteiger partial charge is 0.481 e. The molecule has 3 unspecified atom stereocenters. The molecule has 408 valence electrons. The predicted octanol–water partition coefficient (Wildman–Crippen LogP) is 6.49. The third kappa shape index (κ3) is 24.6. The van der Waals surface area contributed by atoms with Gasteiger partial charge in [-0.1, -0.05) is 148 Å². The van der Waals surface area contributed by atoms with Crippen LogP contribution in [0.1, 0.15) is 162 Å². The van der Waals surface area contributed by atoms with Crippen LogP contribution < -0.4 is 16.4 Å². The van der Waals surface area contributed by atoms with Gasteiger partial charge in [0, 0.05) is 37.1 Å². The molecule has 3 rings (SSSR count). The Kier molecular flexibility index (Phi) is 28.4. The van der Waals surface area contributed by atoms with Crippen molar-refractivity contribution in [1.29, 1.82) is 0 Å². The van der Waals surface area contributed by atoms with Gasteiger partial charge in [-0.2, -0.15) is 4.31 Å². The number of amides is 2. The summed E-state index contributed by atoms with van der Waals surface area (Å²) in [6.45, 7) is 2.85. The number of nitrogen functional groups attached to an aromatic ring is 1. The maximum atomic E-state index is 12.8. The Bertz CT molecular complexity index is 2070. The van der Waals surface area contributed by atoms with Crippen LogP contribution in [0.3, 0.4) is 0 Å². The second kappa shape index (κ2) is 32.1. The van der Waals surface area contributed by atoms with Crippen LogP contribution in [0.25, 0.3) is 11.2 Å². The number of unbranched alkanes of at least 4 members (excludes halogenated alkanes) is 18. The highest BCUT2D eigenvalue weighted by Gasteiger charge is 2.50. The number of ether oxygens (including phenoxy) is 1.